The summed E-state index contributed by atoms with van der Waals surface area (Å²) in [5.74, 6) is 0.906. The van der Waals surface area contributed by atoms with Crippen LogP contribution in [0.1, 0.15) is 64.2 Å². The van der Waals surface area contributed by atoms with Crippen LogP contribution < -0.4 is 10.6 Å². The summed E-state index contributed by atoms with van der Waals surface area (Å²) >= 11 is 0. The Morgan fingerprint density at radius 1 is 0.762 bits per heavy atom. The smallest absolute Gasteiger partial charge is 0.0249 e. The van der Waals surface area contributed by atoms with E-state index in [1.54, 1.807) is 0 Å². The largest absolute Gasteiger partial charge is 0.314 e. The van der Waals surface area contributed by atoms with Crippen molar-refractivity contribution in [3.63, 3.8) is 0 Å². The van der Waals surface area contributed by atoms with E-state index in [9.17, 15) is 0 Å². The molecule has 0 aromatic carbocycles. The Kier molecular flexibility index (Phi) is 4.52. The molecule has 4 rings (SSSR count). The van der Waals surface area contributed by atoms with Gasteiger partial charge in [0.1, 0.15) is 0 Å². The van der Waals surface area contributed by atoms with Gasteiger partial charge >= 0.3 is 0 Å². The lowest BCUT2D eigenvalue weighted by atomic mass is 9.87. The molecule has 21 heavy (non-hydrogen) atoms. The lowest BCUT2D eigenvalue weighted by Gasteiger charge is -2.37. The molecule has 3 nitrogen and oxygen atoms in total. The molecule has 4 fully saturated rings. The van der Waals surface area contributed by atoms with Gasteiger partial charge in [0.05, 0.1) is 0 Å². The van der Waals surface area contributed by atoms with E-state index in [-0.39, 0.29) is 0 Å². The highest BCUT2D eigenvalue weighted by Crippen LogP contribution is 2.34. The van der Waals surface area contributed by atoms with Gasteiger partial charge in [0.15, 0.2) is 0 Å². The summed E-state index contributed by atoms with van der Waals surface area (Å²) < 4.78 is 0. The average molecular weight is 291 g/mol. The summed E-state index contributed by atoms with van der Waals surface area (Å²) in [6.45, 7) is 3.97. The van der Waals surface area contributed by atoms with Gasteiger partial charge in [0.2, 0.25) is 0 Å². The van der Waals surface area contributed by atoms with Crippen molar-refractivity contribution in [2.45, 2.75) is 88.4 Å². The van der Waals surface area contributed by atoms with E-state index < -0.39 is 0 Å². The van der Waals surface area contributed by atoms with Crippen LogP contribution in [-0.2, 0) is 0 Å². The van der Waals surface area contributed by atoms with E-state index in [0.717, 1.165) is 30.1 Å². The number of nitrogens with zero attached hydrogens (tertiary/aromatic N) is 1. The molecule has 0 aromatic rings. The Balaban J connectivity index is 1.36. The molecule has 2 N–H and O–H groups in total. The maximum absolute atomic E-state index is 4.14. The van der Waals surface area contributed by atoms with Gasteiger partial charge in [0, 0.05) is 30.7 Å². The molecule has 4 aliphatic rings. The molecule has 0 radical (unpaired) electrons. The molecule has 0 spiro atoms. The third-order valence-corrected chi connectivity index (χ3v) is 6.72. The fraction of sp³-hybridized carbons (Fsp3) is 1.00. The van der Waals surface area contributed by atoms with Crippen molar-refractivity contribution in [1.29, 1.82) is 0 Å². The van der Waals surface area contributed by atoms with Gasteiger partial charge in [-0.05, 0) is 64.0 Å². The first kappa shape index (κ1) is 14.5. The van der Waals surface area contributed by atoms with Gasteiger partial charge in [-0.3, -0.25) is 4.90 Å². The zero-order chi connectivity index (χ0) is 14.1. The molecule has 3 saturated heterocycles. The average Bonchev–Trinajstić information content (AvgIpc) is 3.16. The lowest BCUT2D eigenvalue weighted by Crippen LogP contribution is -2.52. The van der Waals surface area contributed by atoms with E-state index in [1.165, 1.54) is 83.8 Å². The zero-order valence-corrected chi connectivity index (χ0v) is 13.5. The van der Waals surface area contributed by atoms with E-state index in [1.807, 2.05) is 0 Å². The summed E-state index contributed by atoms with van der Waals surface area (Å²) in [4.78, 5) is 2.77. The number of fused-ring (bicyclic) bond motifs is 1. The van der Waals surface area contributed by atoms with Crippen LogP contribution in [0.5, 0.6) is 0 Å². The highest BCUT2D eigenvalue weighted by atomic mass is 15.2. The molecule has 1 aliphatic carbocycles. The van der Waals surface area contributed by atoms with Crippen LogP contribution in [0.2, 0.25) is 0 Å². The topological polar surface area (TPSA) is 27.3 Å². The highest BCUT2D eigenvalue weighted by Gasteiger charge is 2.40. The Labute approximate surface area is 130 Å². The first-order valence-corrected chi connectivity index (χ1v) is 9.65. The van der Waals surface area contributed by atoms with Crippen LogP contribution in [-0.4, -0.2) is 48.7 Å². The minimum Gasteiger partial charge on any atom is -0.314 e. The molecule has 3 heterocycles. The molecular formula is C18H33N3. The molecule has 5 unspecified atom stereocenters. The predicted octanol–water partition coefficient (Wildman–Crippen LogP) is 2.51. The maximum atomic E-state index is 4.14. The first-order valence-electron chi connectivity index (χ1n) is 9.65. The van der Waals surface area contributed by atoms with E-state index in [4.69, 9.17) is 0 Å². The normalized spacial score (nSPS) is 44.9. The number of hydrogen-bond acceptors (Lipinski definition) is 3. The highest BCUT2D eigenvalue weighted by molar-refractivity contribution is 4.99. The predicted molar refractivity (Wildman–Crippen MR) is 87.5 cm³/mol. The molecular weight excluding hydrogens is 258 g/mol. The number of piperidine rings is 2. The lowest BCUT2D eigenvalue weighted by molar-refractivity contribution is 0.167. The second-order valence-electron chi connectivity index (χ2n) is 7.92. The number of hydrogen-bond donors (Lipinski definition) is 2. The van der Waals surface area contributed by atoms with Gasteiger partial charge < -0.3 is 10.6 Å². The summed E-state index contributed by atoms with van der Waals surface area (Å²) in [5.41, 5.74) is 0. The van der Waals surface area contributed by atoms with Crippen molar-refractivity contribution < 1.29 is 0 Å². The molecule has 0 aromatic heterocycles. The Bertz CT molecular complexity index is 339. The van der Waals surface area contributed by atoms with Crippen LogP contribution in [0.4, 0.5) is 0 Å². The molecule has 1 saturated carbocycles. The summed E-state index contributed by atoms with van der Waals surface area (Å²) in [7, 11) is 0. The summed E-state index contributed by atoms with van der Waals surface area (Å²) in [6.07, 6.45) is 14.3. The zero-order valence-electron chi connectivity index (χ0n) is 13.5. The van der Waals surface area contributed by atoms with Gasteiger partial charge in [-0.1, -0.05) is 19.3 Å². The molecule has 3 aliphatic heterocycles. The molecule has 5 atom stereocenters. The Morgan fingerprint density at radius 2 is 1.71 bits per heavy atom. The quantitative estimate of drug-likeness (QED) is 0.837. The molecule has 3 heteroatoms. The van der Waals surface area contributed by atoms with Crippen LogP contribution in [0.3, 0.4) is 0 Å². The molecule has 0 bridgehead atoms. The monoisotopic (exact) mass is 291 g/mol. The van der Waals surface area contributed by atoms with Gasteiger partial charge in [-0.2, -0.15) is 0 Å². The minimum absolute atomic E-state index is 0.791. The van der Waals surface area contributed by atoms with Crippen molar-refractivity contribution in [2.75, 3.05) is 19.6 Å². The van der Waals surface area contributed by atoms with Crippen molar-refractivity contribution >= 4 is 0 Å². The third kappa shape index (κ3) is 3.02. The molecule has 0 amide bonds. The molecule has 120 valence electrons. The van der Waals surface area contributed by atoms with Gasteiger partial charge in [-0.15, -0.1) is 0 Å². The van der Waals surface area contributed by atoms with Crippen molar-refractivity contribution in [1.82, 2.24) is 15.5 Å². The van der Waals surface area contributed by atoms with Gasteiger partial charge in [-0.25, -0.2) is 0 Å². The Hall–Kier alpha value is -0.120. The number of rotatable bonds is 3. The van der Waals surface area contributed by atoms with Gasteiger partial charge in [0.25, 0.3) is 0 Å². The second kappa shape index (κ2) is 6.55. The standard InChI is InChI=1S/C18H33N3/c1-3-11-19-15(7-1)14-6-5-8-16(14)20-17-10-13-21-12-4-2-9-18(17)21/h14-20H,1-13H2. The van der Waals surface area contributed by atoms with Crippen molar-refractivity contribution in [3.05, 3.63) is 0 Å². The summed E-state index contributed by atoms with van der Waals surface area (Å²) in [6, 6.07) is 3.26. The Morgan fingerprint density at radius 3 is 2.62 bits per heavy atom. The van der Waals surface area contributed by atoms with Crippen LogP contribution in [0.25, 0.3) is 0 Å². The first-order chi connectivity index (χ1) is 10.4. The minimum atomic E-state index is 0.791. The third-order valence-electron chi connectivity index (χ3n) is 6.72. The maximum Gasteiger partial charge on any atom is 0.0249 e. The summed E-state index contributed by atoms with van der Waals surface area (Å²) in [5, 5.41) is 7.96. The van der Waals surface area contributed by atoms with E-state index in [2.05, 4.69) is 15.5 Å². The second-order valence-corrected chi connectivity index (χ2v) is 7.92. The van der Waals surface area contributed by atoms with Crippen LogP contribution in [0.15, 0.2) is 0 Å². The fourth-order valence-electron chi connectivity index (χ4n) is 5.64. The van der Waals surface area contributed by atoms with Crippen LogP contribution in [0, 0.1) is 5.92 Å². The van der Waals surface area contributed by atoms with Crippen molar-refractivity contribution in [2.24, 2.45) is 5.92 Å². The number of nitrogens with one attached hydrogen (secondary N) is 2. The fourth-order valence-corrected chi connectivity index (χ4v) is 5.64. The van der Waals surface area contributed by atoms with E-state index in [0.29, 0.717) is 0 Å². The van der Waals surface area contributed by atoms with E-state index >= 15 is 0 Å². The van der Waals surface area contributed by atoms with Crippen molar-refractivity contribution in [3.8, 4) is 0 Å². The van der Waals surface area contributed by atoms with Crippen LogP contribution >= 0.6 is 0 Å². The SMILES string of the molecule is C1CCC(C2CCCC2NC2CCN3CCCCC23)NC1.